The fourth-order valence-electron chi connectivity index (χ4n) is 1.80. The topological polar surface area (TPSA) is 70.6 Å². The molecule has 0 heterocycles. The van der Waals surface area contributed by atoms with Crippen molar-refractivity contribution in [3.05, 3.63) is 63.6 Å². The first-order chi connectivity index (χ1) is 11.4. The summed E-state index contributed by atoms with van der Waals surface area (Å²) in [6, 6.07) is 12.3. The first kappa shape index (κ1) is 18.0. The highest BCUT2D eigenvalue weighted by atomic mass is 35.5. The summed E-state index contributed by atoms with van der Waals surface area (Å²) in [6.45, 7) is 1.98. The zero-order valence-electron chi connectivity index (χ0n) is 12.8. The lowest BCUT2D eigenvalue weighted by molar-refractivity contribution is -0.126. The van der Waals surface area contributed by atoms with E-state index in [0.29, 0.717) is 15.7 Å². The van der Waals surface area contributed by atoms with Gasteiger partial charge >= 0.3 is 0 Å². The van der Waals surface area contributed by atoms with Gasteiger partial charge < -0.3 is 5.32 Å². The monoisotopic (exact) mass is 363 g/mol. The van der Waals surface area contributed by atoms with E-state index < -0.39 is 11.8 Å². The summed E-state index contributed by atoms with van der Waals surface area (Å²) < 4.78 is 0. The third kappa shape index (κ3) is 5.68. The lowest BCUT2D eigenvalue weighted by atomic mass is 10.2. The van der Waals surface area contributed by atoms with Crippen molar-refractivity contribution in [1.29, 1.82) is 0 Å². The molecular weight excluding hydrogens is 349 g/mol. The predicted octanol–water partition coefficient (Wildman–Crippen LogP) is 3.78. The van der Waals surface area contributed by atoms with Crippen molar-refractivity contribution in [2.45, 2.75) is 13.3 Å². The Morgan fingerprint density at radius 1 is 1.04 bits per heavy atom. The van der Waals surface area contributed by atoms with Gasteiger partial charge in [-0.3, -0.25) is 9.59 Å². The van der Waals surface area contributed by atoms with Gasteiger partial charge in [-0.25, -0.2) is 5.43 Å². The molecule has 0 spiro atoms. The Bertz CT molecular complexity index is 774. The predicted molar refractivity (Wildman–Crippen MR) is 96.6 cm³/mol. The second-order valence-electron chi connectivity index (χ2n) is 5.06. The minimum absolute atomic E-state index is 0.321. The van der Waals surface area contributed by atoms with E-state index in [1.807, 2.05) is 31.2 Å². The van der Waals surface area contributed by atoms with Crippen LogP contribution in [0.15, 0.2) is 47.6 Å². The van der Waals surface area contributed by atoms with E-state index >= 15 is 0 Å². The molecule has 0 aromatic heterocycles. The summed E-state index contributed by atoms with van der Waals surface area (Å²) in [5.41, 5.74) is 4.75. The number of hydrogen-bond donors (Lipinski definition) is 2. The van der Waals surface area contributed by atoms with Crippen molar-refractivity contribution in [2.24, 2.45) is 5.10 Å². The van der Waals surface area contributed by atoms with Gasteiger partial charge in [-0.15, -0.1) is 0 Å². The maximum Gasteiger partial charge on any atom is 0.249 e. The van der Waals surface area contributed by atoms with Gasteiger partial charge in [-0.05, 0) is 30.7 Å². The maximum atomic E-state index is 11.8. The molecule has 2 rings (SSSR count). The molecule has 0 fully saturated rings. The summed E-state index contributed by atoms with van der Waals surface area (Å²) in [4.78, 5) is 23.5. The van der Waals surface area contributed by atoms with Crippen LogP contribution in [0.1, 0.15) is 17.5 Å². The van der Waals surface area contributed by atoms with Crippen molar-refractivity contribution in [1.82, 2.24) is 5.43 Å². The molecule has 0 aliphatic heterocycles. The van der Waals surface area contributed by atoms with E-state index in [0.717, 1.165) is 11.1 Å². The fourth-order valence-corrected chi connectivity index (χ4v) is 2.09. The van der Waals surface area contributed by atoms with E-state index in [1.165, 1.54) is 12.3 Å². The third-order valence-electron chi connectivity index (χ3n) is 3.00. The molecule has 2 N–H and O–H groups in total. The molecule has 0 radical (unpaired) electrons. The van der Waals surface area contributed by atoms with Crippen LogP contribution >= 0.6 is 23.2 Å². The van der Waals surface area contributed by atoms with Crippen LogP contribution < -0.4 is 10.7 Å². The molecule has 7 heteroatoms. The van der Waals surface area contributed by atoms with Crippen LogP contribution in [-0.2, 0) is 9.59 Å². The standard InChI is InChI=1S/C17H15Cl2N3O2/c1-11-2-4-12(5-3-11)10-20-22-17(24)9-16(23)21-13-6-7-14(18)15(19)8-13/h2-8,10H,9H2,1H3,(H,21,23)(H,22,24)/b20-10+. The Labute approximate surface area is 149 Å². The molecule has 0 saturated carbocycles. The molecule has 0 saturated heterocycles. The number of halogens is 2. The van der Waals surface area contributed by atoms with Gasteiger partial charge in [-0.1, -0.05) is 53.0 Å². The molecular formula is C17H15Cl2N3O2. The number of hydrogen-bond acceptors (Lipinski definition) is 3. The van der Waals surface area contributed by atoms with Crippen molar-refractivity contribution in [3.8, 4) is 0 Å². The van der Waals surface area contributed by atoms with E-state index in [9.17, 15) is 9.59 Å². The van der Waals surface area contributed by atoms with Crippen molar-refractivity contribution >= 4 is 46.9 Å². The van der Waals surface area contributed by atoms with E-state index in [4.69, 9.17) is 23.2 Å². The lowest BCUT2D eigenvalue weighted by Crippen LogP contribution is -2.24. The molecule has 5 nitrogen and oxygen atoms in total. The van der Waals surface area contributed by atoms with E-state index in [1.54, 1.807) is 12.1 Å². The zero-order chi connectivity index (χ0) is 17.5. The number of nitrogens with zero attached hydrogens (tertiary/aromatic N) is 1. The molecule has 0 aliphatic carbocycles. The van der Waals surface area contributed by atoms with Gasteiger partial charge in [0.2, 0.25) is 11.8 Å². The van der Waals surface area contributed by atoms with Gasteiger partial charge in [0.05, 0.1) is 16.3 Å². The van der Waals surface area contributed by atoms with Gasteiger partial charge in [0.1, 0.15) is 6.42 Å². The average Bonchev–Trinajstić information content (AvgIpc) is 2.53. The number of carbonyl (C=O) groups is 2. The Hall–Kier alpha value is -2.37. The van der Waals surface area contributed by atoms with Crippen LogP contribution in [0.3, 0.4) is 0 Å². The summed E-state index contributed by atoms with van der Waals surface area (Å²) >= 11 is 11.7. The molecule has 2 amide bonds. The number of amides is 2. The number of carbonyl (C=O) groups excluding carboxylic acids is 2. The summed E-state index contributed by atoms with van der Waals surface area (Å²) in [5, 5.41) is 7.08. The van der Waals surface area contributed by atoms with Crippen LogP contribution in [0.25, 0.3) is 0 Å². The normalized spacial score (nSPS) is 10.6. The van der Waals surface area contributed by atoms with Crippen LogP contribution in [-0.4, -0.2) is 18.0 Å². The average molecular weight is 364 g/mol. The number of aryl methyl sites for hydroxylation is 1. The Morgan fingerprint density at radius 3 is 2.42 bits per heavy atom. The number of benzene rings is 2. The first-order valence-electron chi connectivity index (χ1n) is 7.07. The van der Waals surface area contributed by atoms with Gasteiger partial charge in [0.15, 0.2) is 0 Å². The molecule has 2 aromatic rings. The van der Waals surface area contributed by atoms with E-state index in [2.05, 4.69) is 15.8 Å². The van der Waals surface area contributed by atoms with Gasteiger partial charge in [-0.2, -0.15) is 5.10 Å². The Kier molecular flexibility index (Phi) is 6.35. The minimum atomic E-state index is -0.518. The van der Waals surface area contributed by atoms with Gasteiger partial charge in [0, 0.05) is 5.69 Å². The SMILES string of the molecule is Cc1ccc(/C=N/NC(=O)CC(=O)Nc2ccc(Cl)c(Cl)c2)cc1. The summed E-state index contributed by atoms with van der Waals surface area (Å²) in [6.07, 6.45) is 1.15. The van der Waals surface area contributed by atoms with Crippen LogP contribution in [0.2, 0.25) is 10.0 Å². The van der Waals surface area contributed by atoms with Gasteiger partial charge in [0.25, 0.3) is 0 Å². The van der Waals surface area contributed by atoms with Crippen LogP contribution in [0, 0.1) is 6.92 Å². The fraction of sp³-hybridized carbons (Fsp3) is 0.118. The number of hydrazone groups is 1. The first-order valence-corrected chi connectivity index (χ1v) is 7.83. The third-order valence-corrected chi connectivity index (χ3v) is 3.74. The number of anilines is 1. The maximum absolute atomic E-state index is 11.8. The van der Waals surface area contributed by atoms with Crippen molar-refractivity contribution in [3.63, 3.8) is 0 Å². The molecule has 24 heavy (non-hydrogen) atoms. The summed E-state index contributed by atoms with van der Waals surface area (Å²) in [5.74, 6) is -0.993. The molecule has 2 aromatic carbocycles. The Balaban J connectivity index is 1.81. The van der Waals surface area contributed by atoms with E-state index in [-0.39, 0.29) is 6.42 Å². The highest BCUT2D eigenvalue weighted by Crippen LogP contribution is 2.24. The zero-order valence-corrected chi connectivity index (χ0v) is 14.4. The van der Waals surface area contributed by atoms with Crippen LogP contribution in [0.5, 0.6) is 0 Å². The minimum Gasteiger partial charge on any atom is -0.326 e. The molecule has 0 bridgehead atoms. The smallest absolute Gasteiger partial charge is 0.249 e. The second kappa shape index (κ2) is 8.47. The molecule has 124 valence electrons. The molecule has 0 atom stereocenters. The molecule has 0 unspecified atom stereocenters. The quantitative estimate of drug-likeness (QED) is 0.482. The second-order valence-corrected chi connectivity index (χ2v) is 5.87. The largest absolute Gasteiger partial charge is 0.326 e. The molecule has 0 aliphatic rings. The number of nitrogens with one attached hydrogen (secondary N) is 2. The lowest BCUT2D eigenvalue weighted by Gasteiger charge is -2.05. The highest BCUT2D eigenvalue weighted by Gasteiger charge is 2.09. The highest BCUT2D eigenvalue weighted by molar-refractivity contribution is 6.42. The summed E-state index contributed by atoms with van der Waals surface area (Å²) in [7, 11) is 0. The number of rotatable bonds is 5. The van der Waals surface area contributed by atoms with Crippen molar-refractivity contribution in [2.75, 3.05) is 5.32 Å². The van der Waals surface area contributed by atoms with Crippen molar-refractivity contribution < 1.29 is 9.59 Å². The Morgan fingerprint density at radius 2 is 1.75 bits per heavy atom. The van der Waals surface area contributed by atoms with Crippen LogP contribution in [0.4, 0.5) is 5.69 Å².